The molecule has 2 spiro atoms. The molecule has 4 saturated carbocycles. The average Bonchev–Trinajstić information content (AvgIpc) is 3.38. The van der Waals surface area contributed by atoms with Gasteiger partial charge in [0.05, 0.1) is 23.4 Å². The fourth-order valence-corrected chi connectivity index (χ4v) is 12.1. The third-order valence-corrected chi connectivity index (χ3v) is 14.1. The smallest absolute Gasteiger partial charge is 0.302 e. The maximum absolute atomic E-state index is 12.6. The van der Waals surface area contributed by atoms with Crippen molar-refractivity contribution >= 4 is 11.9 Å². The van der Waals surface area contributed by atoms with Crippen LogP contribution in [0.5, 0.6) is 0 Å². The molecular formula is C37H62O7. The Morgan fingerprint density at radius 2 is 1.48 bits per heavy atom. The first-order valence-electron chi connectivity index (χ1n) is 17.4. The summed E-state index contributed by atoms with van der Waals surface area (Å²) in [7, 11) is 3.67. The molecule has 0 amide bonds. The summed E-state index contributed by atoms with van der Waals surface area (Å²) in [5.41, 5.74) is -0.704. The molecule has 5 fully saturated rings. The molecule has 11 atom stereocenters. The molecule has 1 saturated heterocycles. The summed E-state index contributed by atoms with van der Waals surface area (Å²) in [4.78, 5) is 24.8. The second kappa shape index (κ2) is 11.2. The van der Waals surface area contributed by atoms with E-state index in [-0.39, 0.29) is 81.1 Å². The number of esters is 2. The van der Waals surface area contributed by atoms with Gasteiger partial charge in [0.2, 0.25) is 0 Å². The third-order valence-electron chi connectivity index (χ3n) is 14.1. The molecule has 0 N–H and O–H groups in total. The van der Waals surface area contributed by atoms with Gasteiger partial charge in [-0.05, 0) is 107 Å². The van der Waals surface area contributed by atoms with Crippen molar-refractivity contribution in [2.45, 2.75) is 163 Å². The van der Waals surface area contributed by atoms with Crippen molar-refractivity contribution in [1.29, 1.82) is 0 Å². The van der Waals surface area contributed by atoms with Crippen molar-refractivity contribution in [3.8, 4) is 0 Å². The van der Waals surface area contributed by atoms with Crippen molar-refractivity contribution in [3.05, 3.63) is 0 Å². The van der Waals surface area contributed by atoms with Crippen LogP contribution in [0.25, 0.3) is 0 Å². The van der Waals surface area contributed by atoms with Crippen LogP contribution in [0.4, 0.5) is 0 Å². The lowest BCUT2D eigenvalue weighted by Gasteiger charge is -2.59. The Kier molecular flexibility index (Phi) is 8.71. The van der Waals surface area contributed by atoms with Gasteiger partial charge in [0.25, 0.3) is 0 Å². The molecule has 0 radical (unpaired) electrons. The third kappa shape index (κ3) is 5.27. The zero-order chi connectivity index (χ0) is 32.7. The first-order valence-corrected chi connectivity index (χ1v) is 17.4. The van der Waals surface area contributed by atoms with Gasteiger partial charge in [-0.3, -0.25) is 9.59 Å². The summed E-state index contributed by atoms with van der Waals surface area (Å²) in [5, 5.41) is 0. The second-order valence-electron chi connectivity index (χ2n) is 17.6. The maximum atomic E-state index is 12.6. The highest BCUT2D eigenvalue weighted by Gasteiger charge is 2.81. The van der Waals surface area contributed by atoms with Gasteiger partial charge in [-0.2, -0.15) is 0 Å². The molecule has 44 heavy (non-hydrogen) atoms. The summed E-state index contributed by atoms with van der Waals surface area (Å²) in [6.45, 7) is 21.5. The fraction of sp³-hybridized carbons (Fsp3) is 0.946. The molecule has 0 bridgehead atoms. The fourth-order valence-electron chi connectivity index (χ4n) is 12.1. The quantitative estimate of drug-likeness (QED) is 0.285. The number of ether oxygens (including phenoxy) is 5. The minimum atomic E-state index is -0.339. The number of carbonyl (C=O) groups is 2. The van der Waals surface area contributed by atoms with Crippen molar-refractivity contribution in [3.63, 3.8) is 0 Å². The monoisotopic (exact) mass is 618 g/mol. The maximum Gasteiger partial charge on any atom is 0.302 e. The van der Waals surface area contributed by atoms with E-state index in [4.69, 9.17) is 23.7 Å². The van der Waals surface area contributed by atoms with Crippen molar-refractivity contribution in [2.24, 2.45) is 45.3 Å². The topological polar surface area (TPSA) is 80.3 Å². The van der Waals surface area contributed by atoms with Gasteiger partial charge >= 0.3 is 11.9 Å². The van der Waals surface area contributed by atoms with E-state index in [2.05, 4.69) is 55.4 Å². The predicted molar refractivity (Wildman–Crippen MR) is 170 cm³/mol. The van der Waals surface area contributed by atoms with Crippen LogP contribution in [-0.4, -0.2) is 61.8 Å². The minimum Gasteiger partial charge on any atom is -0.462 e. The van der Waals surface area contributed by atoms with Gasteiger partial charge in [0.1, 0.15) is 12.2 Å². The summed E-state index contributed by atoms with van der Waals surface area (Å²) < 4.78 is 31.6. The van der Waals surface area contributed by atoms with Gasteiger partial charge in [-0.15, -0.1) is 0 Å². The predicted octanol–water partition coefficient (Wildman–Crippen LogP) is 7.52. The molecule has 1 unspecified atom stereocenters. The highest BCUT2D eigenvalue weighted by Crippen LogP contribution is 2.85. The first-order chi connectivity index (χ1) is 20.3. The van der Waals surface area contributed by atoms with Crippen molar-refractivity contribution < 1.29 is 33.3 Å². The van der Waals surface area contributed by atoms with Gasteiger partial charge in [-0.1, -0.05) is 34.6 Å². The molecular weight excluding hydrogens is 556 g/mol. The standard InChI is InChI=1S/C37H62O7/c1-22-13-17-36-21-37(36)18-15-28(43-24(3)39)33(6,7)31(37)25(42-23(2)38)19-27(36)32(4,5)20-26(40-11)30(22)35(10)16-14-29(44-35)34(8,9)41-12/h22,25-31H,13-21H2,1-12H3/t22-,25-,26-,27?,28-,29-,30+,31-,35+,36-,37+/m0/s1. The molecule has 7 nitrogen and oxygen atoms in total. The molecule has 0 aromatic heterocycles. The number of carbonyl (C=O) groups excluding carboxylic acids is 2. The molecule has 0 aromatic carbocycles. The van der Waals surface area contributed by atoms with E-state index in [9.17, 15) is 9.59 Å². The van der Waals surface area contributed by atoms with E-state index in [1.165, 1.54) is 13.3 Å². The Morgan fingerprint density at radius 1 is 0.841 bits per heavy atom. The summed E-state index contributed by atoms with van der Waals surface area (Å²) >= 11 is 0. The van der Waals surface area contributed by atoms with E-state index in [1.807, 2.05) is 7.11 Å². The molecule has 5 rings (SSSR count). The highest BCUT2D eigenvalue weighted by molar-refractivity contribution is 5.67. The summed E-state index contributed by atoms with van der Waals surface area (Å²) in [6, 6.07) is 0. The van der Waals surface area contributed by atoms with E-state index < -0.39 is 0 Å². The Balaban J connectivity index is 1.53. The van der Waals surface area contributed by atoms with Gasteiger partial charge in [0, 0.05) is 45.3 Å². The van der Waals surface area contributed by atoms with E-state index in [0.717, 1.165) is 51.4 Å². The molecule has 1 heterocycles. The van der Waals surface area contributed by atoms with Crippen LogP contribution >= 0.6 is 0 Å². The van der Waals surface area contributed by atoms with Crippen LogP contribution in [0.1, 0.15) is 127 Å². The van der Waals surface area contributed by atoms with E-state index in [0.29, 0.717) is 11.8 Å². The van der Waals surface area contributed by atoms with Crippen molar-refractivity contribution in [2.75, 3.05) is 14.2 Å². The number of hydrogen-bond acceptors (Lipinski definition) is 7. The molecule has 4 aliphatic carbocycles. The van der Waals surface area contributed by atoms with E-state index in [1.54, 1.807) is 14.0 Å². The van der Waals surface area contributed by atoms with Crippen molar-refractivity contribution in [1.82, 2.24) is 0 Å². The largest absolute Gasteiger partial charge is 0.462 e. The van der Waals surface area contributed by atoms with Gasteiger partial charge in [0.15, 0.2) is 0 Å². The van der Waals surface area contributed by atoms with Crippen LogP contribution in [-0.2, 0) is 33.3 Å². The van der Waals surface area contributed by atoms with Crippen LogP contribution in [0.15, 0.2) is 0 Å². The minimum absolute atomic E-state index is 0.0348. The first kappa shape index (κ1) is 34.2. The normalized spacial score (nSPS) is 46.3. The van der Waals surface area contributed by atoms with Crippen LogP contribution in [0, 0.1) is 45.3 Å². The number of hydrogen-bond donors (Lipinski definition) is 0. The summed E-state index contributed by atoms with van der Waals surface area (Å²) in [5.74, 6) is 0.792. The Morgan fingerprint density at radius 3 is 2.07 bits per heavy atom. The Bertz CT molecular complexity index is 1110. The lowest BCUT2D eigenvalue weighted by molar-refractivity contribution is -0.202. The molecule has 5 aliphatic rings. The molecule has 1 aliphatic heterocycles. The highest BCUT2D eigenvalue weighted by atomic mass is 16.6. The van der Waals surface area contributed by atoms with Gasteiger partial charge in [-0.25, -0.2) is 0 Å². The Hall–Kier alpha value is -1.18. The summed E-state index contributed by atoms with van der Waals surface area (Å²) in [6.07, 6.45) is 8.86. The lowest BCUT2D eigenvalue weighted by atomic mass is 9.48. The Labute approximate surface area is 267 Å². The van der Waals surface area contributed by atoms with Crippen LogP contribution in [0.3, 0.4) is 0 Å². The van der Waals surface area contributed by atoms with Crippen LogP contribution in [0.2, 0.25) is 0 Å². The average molecular weight is 619 g/mol. The SMILES string of the molecule is CO[C@H]1CC(C)(C)C2C[C@H](OC(C)=O)[C@H]3C(C)(C)[C@@H](OC(C)=O)CC[C@@]34C[C@@]24CC[C@H](C)[C@H]1[C@@]1(C)CC[C@@H](C(C)(C)OC)O1. The lowest BCUT2D eigenvalue weighted by Crippen LogP contribution is -2.59. The zero-order valence-corrected chi connectivity index (χ0v) is 29.8. The molecule has 0 aromatic rings. The van der Waals surface area contributed by atoms with Crippen LogP contribution < -0.4 is 0 Å². The molecule has 252 valence electrons. The van der Waals surface area contributed by atoms with E-state index >= 15 is 0 Å². The second-order valence-corrected chi connectivity index (χ2v) is 17.6. The number of rotatable bonds is 6. The number of methoxy groups -OCH3 is 2. The molecule has 7 heteroatoms. The zero-order valence-electron chi connectivity index (χ0n) is 29.8. The van der Waals surface area contributed by atoms with Gasteiger partial charge < -0.3 is 23.7 Å².